The molecule has 0 rings (SSSR count). The summed E-state index contributed by atoms with van der Waals surface area (Å²) in [5, 5.41) is 0. The van der Waals surface area contributed by atoms with Gasteiger partial charge in [0.25, 0.3) is 0 Å². The molecule has 0 aliphatic carbocycles. The highest BCUT2D eigenvalue weighted by molar-refractivity contribution is 5.71. The van der Waals surface area contributed by atoms with Gasteiger partial charge < -0.3 is 14.2 Å². The molecule has 0 aliphatic heterocycles. The van der Waals surface area contributed by atoms with Gasteiger partial charge in [-0.1, -0.05) is 290 Å². The summed E-state index contributed by atoms with van der Waals surface area (Å²) in [6.45, 7) is 6.35. The van der Waals surface area contributed by atoms with Crippen molar-refractivity contribution in [1.29, 1.82) is 0 Å². The van der Waals surface area contributed by atoms with Crippen LogP contribution in [0.2, 0.25) is 0 Å². The van der Waals surface area contributed by atoms with Gasteiger partial charge in [0.1, 0.15) is 13.2 Å². The molecule has 0 radical (unpaired) electrons. The third-order valence-electron chi connectivity index (χ3n) is 13.9. The molecule has 0 bridgehead atoms. The summed E-state index contributed by atoms with van der Waals surface area (Å²) in [5.41, 5.74) is 0. The number of allylic oxidation sites excluding steroid dienone is 20. The quantitative estimate of drug-likeness (QED) is 0.0261. The van der Waals surface area contributed by atoms with Crippen LogP contribution >= 0.6 is 0 Å². The maximum absolute atomic E-state index is 12.9. The Hall–Kier alpha value is -4.19. The predicted octanol–water partition coefficient (Wildman–Crippen LogP) is 22.8. The molecule has 0 aromatic heterocycles. The summed E-state index contributed by atoms with van der Waals surface area (Å²) in [4.78, 5) is 38.3. The summed E-state index contributed by atoms with van der Waals surface area (Å²) in [5.74, 6) is -1.01. The maximum atomic E-state index is 12.9. The Kier molecular flexibility index (Phi) is 62.8. The average Bonchev–Trinajstić information content (AvgIpc) is 3.45. The summed E-state index contributed by atoms with van der Waals surface area (Å²) >= 11 is 0. The molecule has 0 N–H and O–H groups in total. The molecule has 0 aromatic carbocycles. The lowest BCUT2D eigenvalue weighted by Crippen LogP contribution is -2.30. The minimum absolute atomic E-state index is 0.109. The van der Waals surface area contributed by atoms with Gasteiger partial charge in [0.2, 0.25) is 0 Å². The van der Waals surface area contributed by atoms with Crippen LogP contribution in [0.3, 0.4) is 0 Å². The topological polar surface area (TPSA) is 78.9 Å². The van der Waals surface area contributed by atoms with Crippen molar-refractivity contribution in [2.75, 3.05) is 13.2 Å². The van der Waals surface area contributed by atoms with E-state index < -0.39 is 6.10 Å². The van der Waals surface area contributed by atoms with Crippen molar-refractivity contribution in [2.45, 2.75) is 309 Å². The van der Waals surface area contributed by atoms with E-state index in [0.717, 1.165) is 116 Å². The Morgan fingerprint density at radius 2 is 0.519 bits per heavy atom. The summed E-state index contributed by atoms with van der Waals surface area (Å²) < 4.78 is 16.8. The van der Waals surface area contributed by atoms with E-state index in [1.807, 2.05) is 6.08 Å². The Bertz CT molecular complexity index is 1640. The number of hydrogen-bond acceptors (Lipinski definition) is 6. The van der Waals surface area contributed by atoms with E-state index in [9.17, 15) is 14.4 Å². The predicted molar refractivity (Wildman–Crippen MR) is 343 cm³/mol. The third kappa shape index (κ3) is 64.5. The van der Waals surface area contributed by atoms with Crippen molar-refractivity contribution in [1.82, 2.24) is 0 Å². The molecule has 0 amide bonds. The number of unbranched alkanes of at least 4 members (excludes halogenated alkanes) is 28. The van der Waals surface area contributed by atoms with Gasteiger partial charge in [-0.2, -0.15) is 0 Å². The lowest BCUT2D eigenvalue weighted by atomic mass is 10.0. The highest BCUT2D eigenvalue weighted by atomic mass is 16.6. The van der Waals surface area contributed by atoms with Crippen LogP contribution in [-0.4, -0.2) is 37.2 Å². The molecule has 0 heterocycles. The zero-order valence-electron chi connectivity index (χ0n) is 51.6. The second kappa shape index (κ2) is 66.3. The van der Waals surface area contributed by atoms with E-state index in [4.69, 9.17) is 14.2 Å². The molecule has 0 saturated carbocycles. The standard InChI is InChI=1S/C73H122O6/c1-4-7-10-13-16-19-22-25-27-29-31-33-34-35-36-37-38-40-41-43-45-48-51-54-57-60-63-66-72(75)78-69-70(68-77-71(74)65-62-59-56-53-50-47-24-21-18-15-12-9-6-3)79-73(76)67-64-61-58-55-52-49-46-44-42-39-32-30-28-26-23-20-17-14-11-8-5-2/h8-9,11-12,17-18,20-21,26,28-29,31-32,39,44,46-47,50,56,59,70H,4-7,10,13-16,19,22-25,27,30,33-38,40-43,45,48-49,51-55,57-58,60-69H2,1-3H3/b11-8-,12-9-,20-17-,21-18-,28-26-,31-29-,39-32-,46-44-,50-47-,59-56-. The van der Waals surface area contributed by atoms with Crippen molar-refractivity contribution >= 4 is 17.9 Å². The molecule has 450 valence electrons. The average molecular weight is 1100 g/mol. The number of carbonyl (C=O) groups is 3. The van der Waals surface area contributed by atoms with E-state index in [1.54, 1.807) is 0 Å². The Morgan fingerprint density at radius 3 is 0.861 bits per heavy atom. The fraction of sp³-hybridized carbons (Fsp3) is 0.685. The number of esters is 3. The van der Waals surface area contributed by atoms with Crippen LogP contribution in [-0.2, 0) is 28.6 Å². The van der Waals surface area contributed by atoms with E-state index in [1.165, 1.54) is 141 Å². The highest BCUT2D eigenvalue weighted by Crippen LogP contribution is 2.16. The molecule has 0 saturated heterocycles. The monoisotopic (exact) mass is 1090 g/mol. The molecule has 0 fully saturated rings. The third-order valence-corrected chi connectivity index (χ3v) is 13.9. The van der Waals surface area contributed by atoms with Gasteiger partial charge in [0, 0.05) is 19.3 Å². The van der Waals surface area contributed by atoms with Crippen molar-refractivity contribution in [3.63, 3.8) is 0 Å². The van der Waals surface area contributed by atoms with Crippen LogP contribution in [0.25, 0.3) is 0 Å². The molecule has 0 spiro atoms. The summed E-state index contributed by atoms with van der Waals surface area (Å²) in [6, 6.07) is 0. The van der Waals surface area contributed by atoms with Crippen LogP contribution in [0.5, 0.6) is 0 Å². The largest absolute Gasteiger partial charge is 0.462 e. The molecular weight excluding hydrogens is 973 g/mol. The lowest BCUT2D eigenvalue weighted by Gasteiger charge is -2.18. The number of rotatable bonds is 59. The van der Waals surface area contributed by atoms with Gasteiger partial charge in [0.15, 0.2) is 6.10 Å². The zero-order valence-corrected chi connectivity index (χ0v) is 51.6. The number of ether oxygens (including phenoxy) is 3. The Balaban J connectivity index is 4.35. The second-order valence-corrected chi connectivity index (χ2v) is 21.6. The Labute approximate surface area is 488 Å². The molecule has 1 atom stereocenters. The van der Waals surface area contributed by atoms with Crippen LogP contribution < -0.4 is 0 Å². The van der Waals surface area contributed by atoms with Gasteiger partial charge in [-0.3, -0.25) is 14.4 Å². The lowest BCUT2D eigenvalue weighted by molar-refractivity contribution is -0.166. The van der Waals surface area contributed by atoms with Gasteiger partial charge in [0.05, 0.1) is 0 Å². The molecule has 6 nitrogen and oxygen atoms in total. The fourth-order valence-electron chi connectivity index (χ4n) is 9.07. The Morgan fingerprint density at radius 1 is 0.266 bits per heavy atom. The van der Waals surface area contributed by atoms with Crippen LogP contribution in [0, 0.1) is 0 Å². The smallest absolute Gasteiger partial charge is 0.306 e. The fourth-order valence-corrected chi connectivity index (χ4v) is 9.07. The minimum Gasteiger partial charge on any atom is -0.462 e. The summed E-state index contributed by atoms with van der Waals surface area (Å²) in [6.07, 6.45) is 92.4. The van der Waals surface area contributed by atoms with E-state index in [-0.39, 0.29) is 44.0 Å². The van der Waals surface area contributed by atoms with Gasteiger partial charge in [-0.05, 0) is 116 Å². The SMILES string of the molecule is CC/C=C\C/C=C\C/C=C\C/C=C\C/C=C\CCCCCCCC(=O)OC(COC(=O)CC/C=C\C/C=C\C/C=C\C/C=C\CC)COC(=O)CCCCCCCCCCCCCCCCC/C=C\CCCCCCCCCC. The van der Waals surface area contributed by atoms with Crippen molar-refractivity contribution in [3.8, 4) is 0 Å². The normalized spacial score (nSPS) is 12.9. The number of carbonyl (C=O) groups excluding carboxylic acids is 3. The second-order valence-electron chi connectivity index (χ2n) is 21.6. The first kappa shape index (κ1) is 74.8. The molecule has 6 heteroatoms. The van der Waals surface area contributed by atoms with Gasteiger partial charge >= 0.3 is 17.9 Å². The minimum atomic E-state index is -0.821. The molecular formula is C73H122O6. The van der Waals surface area contributed by atoms with Gasteiger partial charge in [-0.15, -0.1) is 0 Å². The van der Waals surface area contributed by atoms with Crippen molar-refractivity contribution in [2.24, 2.45) is 0 Å². The number of hydrogen-bond donors (Lipinski definition) is 0. The van der Waals surface area contributed by atoms with E-state index in [2.05, 4.69) is 136 Å². The van der Waals surface area contributed by atoms with Crippen LogP contribution in [0.15, 0.2) is 122 Å². The van der Waals surface area contributed by atoms with Crippen molar-refractivity contribution in [3.05, 3.63) is 122 Å². The van der Waals surface area contributed by atoms with Crippen LogP contribution in [0.4, 0.5) is 0 Å². The maximum Gasteiger partial charge on any atom is 0.306 e. The first-order valence-electron chi connectivity index (χ1n) is 33.0. The molecule has 1 unspecified atom stereocenters. The van der Waals surface area contributed by atoms with Crippen molar-refractivity contribution < 1.29 is 28.6 Å². The first-order chi connectivity index (χ1) is 39.0. The highest BCUT2D eigenvalue weighted by Gasteiger charge is 2.19. The molecule has 0 aliphatic rings. The first-order valence-corrected chi connectivity index (χ1v) is 33.0. The van der Waals surface area contributed by atoms with E-state index in [0.29, 0.717) is 12.8 Å². The molecule has 79 heavy (non-hydrogen) atoms. The van der Waals surface area contributed by atoms with Gasteiger partial charge in [-0.25, -0.2) is 0 Å². The zero-order chi connectivity index (χ0) is 57.1. The molecule has 0 aromatic rings. The van der Waals surface area contributed by atoms with E-state index >= 15 is 0 Å². The van der Waals surface area contributed by atoms with Crippen LogP contribution in [0.1, 0.15) is 303 Å². The summed E-state index contributed by atoms with van der Waals surface area (Å²) in [7, 11) is 0.